The van der Waals surface area contributed by atoms with Crippen LogP contribution in [0.15, 0.2) is 0 Å². The zero-order valence-electron chi connectivity index (χ0n) is 7.63. The van der Waals surface area contributed by atoms with Gasteiger partial charge in [0.05, 0.1) is 0 Å². The molecular weight excluding hydrogens is 152 g/mol. The summed E-state index contributed by atoms with van der Waals surface area (Å²) in [5, 5.41) is 0. The average Bonchev–Trinajstić information content (AvgIpc) is 2.10. The summed E-state index contributed by atoms with van der Waals surface area (Å²) in [5.41, 5.74) is 0. The van der Waals surface area contributed by atoms with Crippen LogP contribution in [0.1, 0.15) is 44.9 Å². The van der Waals surface area contributed by atoms with Crippen molar-refractivity contribution in [2.24, 2.45) is 0 Å². The molecule has 0 amide bonds. The maximum atomic E-state index is 9.72. The van der Waals surface area contributed by atoms with E-state index in [1.807, 2.05) is 0 Å². The first-order valence-electron chi connectivity index (χ1n) is 4.62. The molecule has 0 aliphatic heterocycles. The Morgan fingerprint density at radius 1 is 1.08 bits per heavy atom. The molecule has 0 saturated heterocycles. The molecule has 0 aliphatic carbocycles. The predicted molar refractivity (Wildman–Crippen MR) is 49.1 cm³/mol. The van der Waals surface area contributed by atoms with E-state index in [-0.39, 0.29) is 0 Å². The van der Waals surface area contributed by atoms with Crippen molar-refractivity contribution in [1.29, 1.82) is 0 Å². The van der Waals surface area contributed by atoms with Gasteiger partial charge in [0.25, 0.3) is 6.47 Å². The van der Waals surface area contributed by atoms with Gasteiger partial charge in [0.1, 0.15) is 6.61 Å². The van der Waals surface area contributed by atoms with Crippen LogP contribution in [0.4, 0.5) is 0 Å². The van der Waals surface area contributed by atoms with Crippen molar-refractivity contribution >= 4 is 6.47 Å². The molecule has 0 aromatic rings. The van der Waals surface area contributed by atoms with Crippen LogP contribution < -0.4 is 0 Å². The molecule has 2 radical (unpaired) electrons. The van der Waals surface area contributed by atoms with Crippen LogP contribution >= 0.6 is 0 Å². The summed E-state index contributed by atoms with van der Waals surface area (Å²) in [7, 11) is 0. The largest absolute Gasteiger partial charge is 0.461 e. The molecule has 0 aliphatic rings. The number of carbonyl (C=O) groups excluding carboxylic acids is 1. The fourth-order valence-electron chi connectivity index (χ4n) is 1.04. The molecule has 0 fully saturated rings. The second-order valence-corrected chi connectivity index (χ2v) is 2.81. The molecule has 2 heteroatoms. The van der Waals surface area contributed by atoms with Crippen molar-refractivity contribution in [3.63, 3.8) is 0 Å². The quantitative estimate of drug-likeness (QED) is 0.393. The third-order valence-corrected chi connectivity index (χ3v) is 1.72. The van der Waals surface area contributed by atoms with E-state index in [1.54, 1.807) is 6.61 Å². The van der Waals surface area contributed by atoms with Gasteiger partial charge in [-0.05, 0) is 12.8 Å². The highest BCUT2D eigenvalue weighted by Crippen LogP contribution is 2.07. The molecular formula is C10H18O2. The van der Waals surface area contributed by atoms with Gasteiger partial charge in [0.2, 0.25) is 0 Å². The first-order valence-corrected chi connectivity index (χ1v) is 4.62. The molecule has 2 nitrogen and oxygen atoms in total. The summed E-state index contributed by atoms with van der Waals surface area (Å²) in [6.07, 6.45) is 8.03. The Kier molecular flexibility index (Phi) is 10.0. The fourth-order valence-corrected chi connectivity index (χ4v) is 1.04. The zero-order valence-corrected chi connectivity index (χ0v) is 7.63. The van der Waals surface area contributed by atoms with Crippen LogP contribution in [-0.4, -0.2) is 6.47 Å². The Hall–Kier alpha value is -0.530. The van der Waals surface area contributed by atoms with Crippen LogP contribution in [0, 0.1) is 13.5 Å². The van der Waals surface area contributed by atoms with E-state index in [0.717, 1.165) is 19.3 Å². The van der Waals surface area contributed by atoms with Crippen LogP contribution in [-0.2, 0) is 9.53 Å². The Balaban J connectivity index is 2.77. The normalized spacial score (nSPS) is 9.75. The van der Waals surface area contributed by atoms with Gasteiger partial charge in [-0.15, -0.1) is 0 Å². The van der Waals surface area contributed by atoms with Gasteiger partial charge in [-0.2, -0.15) is 0 Å². The first kappa shape index (κ1) is 11.5. The highest BCUT2D eigenvalue weighted by Gasteiger charge is 1.90. The highest BCUT2D eigenvalue weighted by molar-refractivity contribution is 5.37. The SMILES string of the molecule is [CH2]CCCCCCC[CH]OC=O. The van der Waals surface area contributed by atoms with Gasteiger partial charge >= 0.3 is 0 Å². The van der Waals surface area contributed by atoms with E-state index < -0.39 is 0 Å². The highest BCUT2D eigenvalue weighted by atomic mass is 16.5. The molecule has 0 spiro atoms. The van der Waals surface area contributed by atoms with Crippen molar-refractivity contribution in [2.75, 3.05) is 0 Å². The lowest BCUT2D eigenvalue weighted by molar-refractivity contribution is -0.125. The smallest absolute Gasteiger partial charge is 0.293 e. The second-order valence-electron chi connectivity index (χ2n) is 2.81. The third-order valence-electron chi connectivity index (χ3n) is 1.72. The molecule has 0 unspecified atom stereocenters. The zero-order chi connectivity index (χ0) is 9.07. The Bertz CT molecular complexity index is 91.8. The lowest BCUT2D eigenvalue weighted by Crippen LogP contribution is -1.84. The molecule has 0 aromatic carbocycles. The number of hydrogen-bond donors (Lipinski definition) is 0. The summed E-state index contributed by atoms with van der Waals surface area (Å²) in [5.74, 6) is 0. The van der Waals surface area contributed by atoms with Gasteiger partial charge in [-0.25, -0.2) is 0 Å². The molecule has 0 saturated carbocycles. The number of ether oxygens (including phenoxy) is 1. The average molecular weight is 170 g/mol. The van der Waals surface area contributed by atoms with Gasteiger partial charge in [-0.1, -0.05) is 39.0 Å². The standard InChI is InChI=1S/C10H18O2/c1-2-3-4-5-6-7-8-9-12-10-11/h9-10H,1-8H2. The van der Waals surface area contributed by atoms with Crippen LogP contribution in [0.25, 0.3) is 0 Å². The Morgan fingerprint density at radius 3 is 2.42 bits per heavy atom. The van der Waals surface area contributed by atoms with Crippen LogP contribution in [0.2, 0.25) is 0 Å². The van der Waals surface area contributed by atoms with Gasteiger partial charge in [0, 0.05) is 0 Å². The summed E-state index contributed by atoms with van der Waals surface area (Å²) in [4.78, 5) is 9.72. The van der Waals surface area contributed by atoms with Gasteiger partial charge < -0.3 is 4.74 Å². The van der Waals surface area contributed by atoms with E-state index in [4.69, 9.17) is 0 Å². The molecule has 0 atom stereocenters. The van der Waals surface area contributed by atoms with Crippen LogP contribution in [0.5, 0.6) is 0 Å². The van der Waals surface area contributed by atoms with E-state index in [0.29, 0.717) is 6.47 Å². The predicted octanol–water partition coefficient (Wildman–Crippen LogP) is 2.89. The molecule has 12 heavy (non-hydrogen) atoms. The Morgan fingerprint density at radius 2 is 1.75 bits per heavy atom. The minimum atomic E-state index is 0.461. The van der Waals surface area contributed by atoms with E-state index >= 15 is 0 Å². The number of unbranched alkanes of at least 4 members (excludes halogenated alkanes) is 6. The Labute approximate surface area is 75.3 Å². The van der Waals surface area contributed by atoms with Crippen molar-refractivity contribution in [1.82, 2.24) is 0 Å². The molecule has 0 N–H and O–H groups in total. The second kappa shape index (κ2) is 10.5. The molecule has 0 heterocycles. The first-order chi connectivity index (χ1) is 5.91. The molecule has 70 valence electrons. The van der Waals surface area contributed by atoms with E-state index in [9.17, 15) is 4.79 Å². The fraction of sp³-hybridized carbons (Fsp3) is 0.700. The molecule has 0 bridgehead atoms. The number of carbonyl (C=O) groups is 1. The number of rotatable bonds is 9. The number of hydrogen-bond acceptors (Lipinski definition) is 2. The monoisotopic (exact) mass is 170 g/mol. The van der Waals surface area contributed by atoms with Crippen molar-refractivity contribution in [2.45, 2.75) is 44.9 Å². The van der Waals surface area contributed by atoms with Crippen molar-refractivity contribution in [3.05, 3.63) is 13.5 Å². The summed E-state index contributed by atoms with van der Waals surface area (Å²) < 4.78 is 4.45. The lowest BCUT2D eigenvalue weighted by Gasteiger charge is -1.99. The van der Waals surface area contributed by atoms with E-state index in [2.05, 4.69) is 11.7 Å². The summed E-state index contributed by atoms with van der Waals surface area (Å²) in [6, 6.07) is 0. The summed E-state index contributed by atoms with van der Waals surface area (Å²) >= 11 is 0. The summed E-state index contributed by atoms with van der Waals surface area (Å²) in [6.45, 7) is 5.80. The molecule has 0 aromatic heterocycles. The van der Waals surface area contributed by atoms with Crippen molar-refractivity contribution < 1.29 is 9.53 Å². The maximum absolute atomic E-state index is 9.72. The van der Waals surface area contributed by atoms with Crippen LogP contribution in [0.3, 0.4) is 0 Å². The molecule has 0 rings (SSSR count). The van der Waals surface area contributed by atoms with Crippen molar-refractivity contribution in [3.8, 4) is 0 Å². The topological polar surface area (TPSA) is 26.3 Å². The maximum Gasteiger partial charge on any atom is 0.293 e. The van der Waals surface area contributed by atoms with Gasteiger partial charge in [0.15, 0.2) is 0 Å². The van der Waals surface area contributed by atoms with E-state index in [1.165, 1.54) is 25.7 Å². The minimum absolute atomic E-state index is 0.461. The minimum Gasteiger partial charge on any atom is -0.461 e. The van der Waals surface area contributed by atoms with Gasteiger partial charge in [-0.3, -0.25) is 4.79 Å². The third kappa shape index (κ3) is 9.47. The lowest BCUT2D eigenvalue weighted by atomic mass is 10.1.